The molecule has 7 nitrogen and oxygen atoms in total. The molecule has 8 heteroatoms. The molecule has 1 aromatic rings. The molecular formula is C15H20ClN3O4. The Morgan fingerprint density at radius 3 is 2.35 bits per heavy atom. The number of nitro groups is 1. The first-order valence-electron chi connectivity index (χ1n) is 7.00. The monoisotopic (exact) mass is 341 g/mol. The van der Waals surface area contributed by atoms with Crippen molar-refractivity contribution in [3.8, 4) is 0 Å². The van der Waals surface area contributed by atoms with Crippen molar-refractivity contribution in [2.75, 3.05) is 0 Å². The largest absolute Gasteiger partial charge is 0.350 e. The lowest BCUT2D eigenvalue weighted by Gasteiger charge is -2.23. The highest BCUT2D eigenvalue weighted by Crippen LogP contribution is 2.27. The molecule has 0 saturated heterocycles. The van der Waals surface area contributed by atoms with Gasteiger partial charge < -0.3 is 10.6 Å². The molecule has 1 rings (SSSR count). The highest BCUT2D eigenvalue weighted by Gasteiger charge is 2.27. The number of hydrogen-bond donors (Lipinski definition) is 2. The van der Waals surface area contributed by atoms with Gasteiger partial charge in [-0.1, -0.05) is 11.6 Å². The van der Waals surface area contributed by atoms with E-state index in [2.05, 4.69) is 10.6 Å². The molecular weight excluding hydrogens is 322 g/mol. The van der Waals surface area contributed by atoms with E-state index < -0.39 is 28.1 Å². The summed E-state index contributed by atoms with van der Waals surface area (Å²) < 4.78 is 0. The number of carbonyl (C=O) groups excluding carboxylic acids is 2. The first-order chi connectivity index (χ1) is 10.4. The van der Waals surface area contributed by atoms with Crippen molar-refractivity contribution >= 4 is 29.1 Å². The van der Waals surface area contributed by atoms with Crippen LogP contribution in [0.15, 0.2) is 12.1 Å². The first-order valence-corrected chi connectivity index (χ1v) is 7.37. The average molecular weight is 342 g/mol. The predicted molar refractivity (Wildman–Crippen MR) is 87.7 cm³/mol. The molecule has 2 amide bonds. The van der Waals surface area contributed by atoms with Gasteiger partial charge in [-0.25, -0.2) is 0 Å². The van der Waals surface area contributed by atoms with Gasteiger partial charge >= 0.3 is 0 Å². The van der Waals surface area contributed by atoms with Crippen molar-refractivity contribution < 1.29 is 14.5 Å². The highest BCUT2D eigenvalue weighted by atomic mass is 35.5. The van der Waals surface area contributed by atoms with Crippen molar-refractivity contribution in [3.63, 3.8) is 0 Å². The summed E-state index contributed by atoms with van der Waals surface area (Å²) in [5.74, 6) is -1.07. The molecule has 0 spiro atoms. The van der Waals surface area contributed by atoms with Crippen molar-refractivity contribution in [2.24, 2.45) is 0 Å². The second-order valence-electron chi connectivity index (χ2n) is 6.31. The molecule has 1 unspecified atom stereocenters. The summed E-state index contributed by atoms with van der Waals surface area (Å²) in [6.45, 7) is 8.50. The number of halogens is 1. The van der Waals surface area contributed by atoms with Crippen molar-refractivity contribution in [1.29, 1.82) is 0 Å². The Hall–Kier alpha value is -2.15. The quantitative estimate of drug-likeness (QED) is 0.649. The van der Waals surface area contributed by atoms with Crippen LogP contribution in [-0.2, 0) is 4.79 Å². The number of nitro benzene ring substituents is 1. The molecule has 0 saturated carbocycles. The van der Waals surface area contributed by atoms with Crippen molar-refractivity contribution in [2.45, 2.75) is 46.2 Å². The molecule has 0 aliphatic rings. The van der Waals surface area contributed by atoms with Crippen LogP contribution >= 0.6 is 11.6 Å². The Labute approximate surface area is 139 Å². The molecule has 0 radical (unpaired) electrons. The predicted octanol–water partition coefficient (Wildman–Crippen LogP) is 2.59. The van der Waals surface area contributed by atoms with Gasteiger partial charge in [-0.05, 0) is 46.2 Å². The normalized spacial score (nSPS) is 12.4. The van der Waals surface area contributed by atoms with Crippen LogP contribution < -0.4 is 10.6 Å². The summed E-state index contributed by atoms with van der Waals surface area (Å²) >= 11 is 5.80. The lowest BCUT2D eigenvalue weighted by Crippen LogP contribution is -2.51. The van der Waals surface area contributed by atoms with Crippen LogP contribution in [0.25, 0.3) is 0 Å². The summed E-state index contributed by atoms with van der Waals surface area (Å²) in [7, 11) is 0. The standard InChI is InChI=1S/C15H20ClN3O4/c1-8-6-10(16)7-11(19(22)23)12(8)14(21)17-9(2)13(20)18-15(3,4)5/h6-7,9H,1-5H3,(H,17,21)(H,18,20). The van der Waals surface area contributed by atoms with Crippen LogP contribution in [0.5, 0.6) is 0 Å². The maximum absolute atomic E-state index is 12.3. The van der Waals surface area contributed by atoms with E-state index in [1.807, 2.05) is 20.8 Å². The lowest BCUT2D eigenvalue weighted by atomic mass is 10.0. The van der Waals surface area contributed by atoms with Gasteiger partial charge in [-0.2, -0.15) is 0 Å². The van der Waals surface area contributed by atoms with Gasteiger partial charge in [0.2, 0.25) is 5.91 Å². The number of amides is 2. The minimum Gasteiger partial charge on any atom is -0.350 e. The molecule has 0 heterocycles. The summed E-state index contributed by atoms with van der Waals surface area (Å²) in [6.07, 6.45) is 0. The Balaban J connectivity index is 3.03. The van der Waals surface area contributed by atoms with Gasteiger partial charge in [0.1, 0.15) is 11.6 Å². The summed E-state index contributed by atoms with van der Waals surface area (Å²) in [4.78, 5) is 34.8. The molecule has 0 fully saturated rings. The summed E-state index contributed by atoms with van der Waals surface area (Å²) in [5, 5.41) is 16.5. The molecule has 1 atom stereocenters. The molecule has 0 aliphatic heterocycles. The maximum atomic E-state index is 12.3. The highest BCUT2D eigenvalue weighted by molar-refractivity contribution is 6.31. The third kappa shape index (κ3) is 5.21. The lowest BCUT2D eigenvalue weighted by molar-refractivity contribution is -0.385. The smallest absolute Gasteiger partial charge is 0.283 e. The average Bonchev–Trinajstić information content (AvgIpc) is 2.34. The van der Waals surface area contributed by atoms with E-state index >= 15 is 0 Å². The topological polar surface area (TPSA) is 101 Å². The minimum absolute atomic E-state index is 0.102. The zero-order valence-electron chi connectivity index (χ0n) is 13.7. The fourth-order valence-corrected chi connectivity index (χ4v) is 2.24. The number of aryl methyl sites for hydroxylation is 1. The second kappa shape index (κ2) is 6.95. The van der Waals surface area contributed by atoms with E-state index in [-0.39, 0.29) is 16.5 Å². The van der Waals surface area contributed by atoms with Gasteiger partial charge in [0.05, 0.1) is 4.92 Å². The Morgan fingerprint density at radius 2 is 1.87 bits per heavy atom. The van der Waals surface area contributed by atoms with E-state index in [0.29, 0.717) is 5.56 Å². The molecule has 1 aromatic carbocycles. The van der Waals surface area contributed by atoms with Crippen LogP contribution in [0.3, 0.4) is 0 Å². The fraction of sp³-hybridized carbons (Fsp3) is 0.467. The number of hydrogen-bond acceptors (Lipinski definition) is 4. The Morgan fingerprint density at radius 1 is 1.30 bits per heavy atom. The van der Waals surface area contributed by atoms with Gasteiger partial charge in [0.25, 0.3) is 11.6 Å². The molecule has 0 aliphatic carbocycles. The van der Waals surface area contributed by atoms with E-state index in [9.17, 15) is 19.7 Å². The SMILES string of the molecule is Cc1cc(Cl)cc([N+](=O)[O-])c1C(=O)NC(C)C(=O)NC(C)(C)C. The van der Waals surface area contributed by atoms with Crippen LogP contribution in [0.2, 0.25) is 5.02 Å². The Kier molecular flexibility index (Phi) is 5.71. The molecule has 126 valence electrons. The van der Waals surface area contributed by atoms with Crippen LogP contribution in [0.1, 0.15) is 43.6 Å². The Bertz CT molecular complexity index is 653. The van der Waals surface area contributed by atoms with Gasteiger partial charge in [0, 0.05) is 16.6 Å². The molecule has 0 aromatic heterocycles. The summed E-state index contributed by atoms with van der Waals surface area (Å²) in [6, 6.07) is 1.74. The third-order valence-corrected chi connectivity index (χ3v) is 3.16. The minimum atomic E-state index is -0.837. The van der Waals surface area contributed by atoms with Gasteiger partial charge in [0.15, 0.2) is 0 Å². The molecule has 23 heavy (non-hydrogen) atoms. The number of benzene rings is 1. The van der Waals surface area contributed by atoms with Crippen LogP contribution in [0.4, 0.5) is 5.69 Å². The van der Waals surface area contributed by atoms with Gasteiger partial charge in [-0.15, -0.1) is 0 Å². The second-order valence-corrected chi connectivity index (χ2v) is 6.74. The third-order valence-electron chi connectivity index (χ3n) is 2.94. The molecule has 0 bridgehead atoms. The number of carbonyl (C=O) groups is 2. The fourth-order valence-electron chi connectivity index (χ4n) is 1.98. The summed E-state index contributed by atoms with van der Waals surface area (Å²) in [5.41, 5.74) is -0.575. The zero-order valence-corrected chi connectivity index (χ0v) is 14.4. The van der Waals surface area contributed by atoms with Gasteiger partial charge in [-0.3, -0.25) is 19.7 Å². The first kappa shape index (κ1) is 18.9. The van der Waals surface area contributed by atoms with E-state index in [4.69, 9.17) is 11.6 Å². The number of nitrogens with zero attached hydrogens (tertiary/aromatic N) is 1. The van der Waals surface area contributed by atoms with E-state index in [1.54, 1.807) is 6.92 Å². The zero-order chi connectivity index (χ0) is 17.9. The molecule has 2 N–H and O–H groups in total. The van der Waals surface area contributed by atoms with E-state index in [0.717, 1.165) is 6.07 Å². The maximum Gasteiger partial charge on any atom is 0.283 e. The number of nitrogens with one attached hydrogen (secondary N) is 2. The van der Waals surface area contributed by atoms with Crippen molar-refractivity contribution in [1.82, 2.24) is 10.6 Å². The number of rotatable bonds is 4. The van der Waals surface area contributed by atoms with Crippen molar-refractivity contribution in [3.05, 3.63) is 38.4 Å². The van der Waals surface area contributed by atoms with E-state index in [1.165, 1.54) is 13.0 Å². The van der Waals surface area contributed by atoms with Crippen LogP contribution in [-0.4, -0.2) is 28.3 Å². The van der Waals surface area contributed by atoms with Crippen LogP contribution in [0, 0.1) is 17.0 Å².